The molecule has 0 aliphatic rings. The fraction of sp³-hybridized carbons (Fsp3) is 0.462. The molecule has 112 valence electrons. The van der Waals surface area contributed by atoms with Crippen molar-refractivity contribution in [3.8, 4) is 0 Å². The van der Waals surface area contributed by atoms with Crippen molar-refractivity contribution in [2.24, 2.45) is 0 Å². The van der Waals surface area contributed by atoms with Gasteiger partial charge in [0.15, 0.2) is 0 Å². The molecule has 7 heteroatoms. The van der Waals surface area contributed by atoms with E-state index in [1.807, 2.05) is 0 Å². The van der Waals surface area contributed by atoms with E-state index in [9.17, 15) is 26.7 Å². The molecule has 0 aliphatic carbocycles. The summed E-state index contributed by atoms with van der Waals surface area (Å²) in [5.41, 5.74) is -2.76. The Labute approximate surface area is 112 Å². The van der Waals surface area contributed by atoms with Crippen molar-refractivity contribution in [3.63, 3.8) is 0 Å². The Hall–Kier alpha value is -1.66. The SMILES string of the molecule is CCOC(=O)CCc1cccc(C(F)F)c1C(F)(F)F. The van der Waals surface area contributed by atoms with Gasteiger partial charge in [0.25, 0.3) is 6.43 Å². The number of esters is 1. The summed E-state index contributed by atoms with van der Waals surface area (Å²) in [5.74, 6) is -0.664. The fourth-order valence-electron chi connectivity index (χ4n) is 1.83. The molecule has 0 amide bonds. The van der Waals surface area contributed by atoms with Gasteiger partial charge in [-0.3, -0.25) is 4.79 Å². The van der Waals surface area contributed by atoms with E-state index >= 15 is 0 Å². The standard InChI is InChI=1S/C13H13F5O2/c1-2-20-10(19)7-6-8-4-3-5-9(12(14)15)11(8)13(16,17)18/h3-5,12H,2,6-7H2,1H3. The molecule has 0 spiro atoms. The molecular formula is C13H13F5O2. The number of benzene rings is 1. The quantitative estimate of drug-likeness (QED) is 0.603. The predicted octanol–water partition coefficient (Wildman–Crippen LogP) is 4.14. The molecule has 1 aromatic rings. The van der Waals surface area contributed by atoms with Crippen LogP contribution in [0, 0.1) is 0 Å². The third-order valence-corrected chi connectivity index (χ3v) is 2.61. The number of aryl methyl sites for hydroxylation is 1. The number of rotatable bonds is 5. The predicted molar refractivity (Wildman–Crippen MR) is 61.4 cm³/mol. The van der Waals surface area contributed by atoms with Crippen LogP contribution in [0.1, 0.15) is 36.5 Å². The smallest absolute Gasteiger partial charge is 0.417 e. The molecular weight excluding hydrogens is 283 g/mol. The van der Waals surface area contributed by atoms with Crippen molar-refractivity contribution in [3.05, 3.63) is 34.9 Å². The molecule has 20 heavy (non-hydrogen) atoms. The summed E-state index contributed by atoms with van der Waals surface area (Å²) >= 11 is 0. The third-order valence-electron chi connectivity index (χ3n) is 2.61. The van der Waals surface area contributed by atoms with Gasteiger partial charge in [-0.15, -0.1) is 0 Å². The van der Waals surface area contributed by atoms with E-state index in [-0.39, 0.29) is 25.0 Å². The highest BCUT2D eigenvalue weighted by molar-refractivity contribution is 5.69. The Morgan fingerprint density at radius 3 is 2.45 bits per heavy atom. The molecule has 0 fully saturated rings. The number of halogens is 5. The van der Waals surface area contributed by atoms with E-state index in [1.54, 1.807) is 6.92 Å². The zero-order valence-electron chi connectivity index (χ0n) is 10.6. The Bertz CT molecular complexity index is 468. The summed E-state index contributed by atoms with van der Waals surface area (Å²) in [6.45, 7) is 1.68. The highest BCUT2D eigenvalue weighted by atomic mass is 19.4. The zero-order chi connectivity index (χ0) is 15.3. The number of alkyl halides is 5. The second kappa shape index (κ2) is 6.67. The molecule has 0 bridgehead atoms. The van der Waals surface area contributed by atoms with E-state index in [2.05, 4.69) is 4.74 Å². The summed E-state index contributed by atoms with van der Waals surface area (Å²) in [6, 6.07) is 2.95. The normalized spacial score (nSPS) is 11.8. The van der Waals surface area contributed by atoms with Gasteiger partial charge in [-0.1, -0.05) is 18.2 Å². The largest absolute Gasteiger partial charge is 0.466 e. The van der Waals surface area contributed by atoms with E-state index in [1.165, 1.54) is 0 Å². The summed E-state index contributed by atoms with van der Waals surface area (Å²) in [6.07, 6.45) is -8.70. The van der Waals surface area contributed by atoms with Crippen LogP contribution >= 0.6 is 0 Å². The second-order valence-electron chi connectivity index (χ2n) is 3.98. The minimum atomic E-state index is -4.89. The number of hydrogen-bond donors (Lipinski definition) is 0. The first-order valence-corrected chi connectivity index (χ1v) is 5.90. The molecule has 1 aromatic carbocycles. The molecule has 0 heterocycles. The Kier molecular flexibility index (Phi) is 5.47. The van der Waals surface area contributed by atoms with Crippen LogP contribution in [0.4, 0.5) is 22.0 Å². The fourth-order valence-corrected chi connectivity index (χ4v) is 1.83. The van der Waals surface area contributed by atoms with Crippen LogP contribution in [0.25, 0.3) is 0 Å². The van der Waals surface area contributed by atoms with Gasteiger partial charge in [-0.2, -0.15) is 13.2 Å². The minimum Gasteiger partial charge on any atom is -0.466 e. The average molecular weight is 296 g/mol. The van der Waals surface area contributed by atoms with Crippen molar-refractivity contribution in [1.29, 1.82) is 0 Å². The monoisotopic (exact) mass is 296 g/mol. The first kappa shape index (κ1) is 16.4. The van der Waals surface area contributed by atoms with Gasteiger partial charge in [-0.05, 0) is 18.9 Å². The number of carbonyl (C=O) groups excluding carboxylic acids is 1. The molecule has 1 rings (SSSR count). The van der Waals surface area contributed by atoms with Crippen molar-refractivity contribution in [1.82, 2.24) is 0 Å². The molecule has 0 atom stereocenters. The number of ether oxygens (including phenoxy) is 1. The Morgan fingerprint density at radius 1 is 1.30 bits per heavy atom. The van der Waals surface area contributed by atoms with Gasteiger partial charge in [0.1, 0.15) is 0 Å². The van der Waals surface area contributed by atoms with Crippen molar-refractivity contribution >= 4 is 5.97 Å². The van der Waals surface area contributed by atoms with Gasteiger partial charge >= 0.3 is 12.1 Å². The third kappa shape index (κ3) is 4.18. The van der Waals surface area contributed by atoms with Crippen LogP contribution in [0.2, 0.25) is 0 Å². The lowest BCUT2D eigenvalue weighted by Gasteiger charge is -2.16. The van der Waals surface area contributed by atoms with Gasteiger partial charge in [0.2, 0.25) is 0 Å². The maximum atomic E-state index is 12.9. The average Bonchev–Trinajstić information content (AvgIpc) is 2.35. The van der Waals surface area contributed by atoms with E-state index < -0.39 is 29.7 Å². The second-order valence-corrected chi connectivity index (χ2v) is 3.98. The summed E-state index contributed by atoms with van der Waals surface area (Å²) in [4.78, 5) is 11.1. The lowest BCUT2D eigenvalue weighted by atomic mass is 9.97. The molecule has 0 saturated carbocycles. The molecule has 0 radical (unpaired) electrons. The van der Waals surface area contributed by atoms with Crippen LogP contribution < -0.4 is 0 Å². The maximum Gasteiger partial charge on any atom is 0.417 e. The molecule has 0 aromatic heterocycles. The first-order chi connectivity index (χ1) is 9.27. The molecule has 0 aliphatic heterocycles. The summed E-state index contributed by atoms with van der Waals surface area (Å²) < 4.78 is 68.6. The van der Waals surface area contributed by atoms with Gasteiger partial charge in [0, 0.05) is 12.0 Å². The molecule has 0 unspecified atom stereocenters. The maximum absolute atomic E-state index is 12.9. The summed E-state index contributed by atoms with van der Waals surface area (Å²) in [5, 5.41) is 0. The minimum absolute atomic E-state index is 0.113. The first-order valence-electron chi connectivity index (χ1n) is 5.90. The Morgan fingerprint density at radius 2 is 1.95 bits per heavy atom. The highest BCUT2D eigenvalue weighted by Crippen LogP contribution is 2.39. The van der Waals surface area contributed by atoms with E-state index in [0.717, 1.165) is 18.2 Å². The van der Waals surface area contributed by atoms with Crippen LogP contribution in [0.15, 0.2) is 18.2 Å². The lowest BCUT2D eigenvalue weighted by molar-refractivity contribution is -0.144. The summed E-state index contributed by atoms with van der Waals surface area (Å²) in [7, 11) is 0. The zero-order valence-corrected chi connectivity index (χ0v) is 10.6. The molecule has 2 nitrogen and oxygen atoms in total. The number of hydrogen-bond acceptors (Lipinski definition) is 2. The highest BCUT2D eigenvalue weighted by Gasteiger charge is 2.38. The van der Waals surface area contributed by atoms with Crippen molar-refractivity contribution < 1.29 is 31.5 Å². The van der Waals surface area contributed by atoms with Crippen LogP contribution in [0.3, 0.4) is 0 Å². The van der Waals surface area contributed by atoms with Crippen molar-refractivity contribution in [2.75, 3.05) is 6.61 Å². The lowest BCUT2D eigenvalue weighted by Crippen LogP contribution is -2.15. The van der Waals surface area contributed by atoms with Crippen molar-refractivity contribution in [2.45, 2.75) is 32.4 Å². The van der Waals surface area contributed by atoms with Gasteiger partial charge < -0.3 is 4.74 Å². The van der Waals surface area contributed by atoms with Crippen LogP contribution in [0.5, 0.6) is 0 Å². The van der Waals surface area contributed by atoms with E-state index in [0.29, 0.717) is 0 Å². The number of carbonyl (C=O) groups is 1. The van der Waals surface area contributed by atoms with Crippen LogP contribution in [-0.2, 0) is 22.1 Å². The molecule has 0 N–H and O–H groups in total. The van der Waals surface area contributed by atoms with Crippen LogP contribution in [-0.4, -0.2) is 12.6 Å². The van der Waals surface area contributed by atoms with Gasteiger partial charge in [0.05, 0.1) is 12.2 Å². The topological polar surface area (TPSA) is 26.3 Å². The van der Waals surface area contributed by atoms with Gasteiger partial charge in [-0.25, -0.2) is 8.78 Å². The molecule has 0 saturated heterocycles. The Balaban J connectivity index is 3.07. The van der Waals surface area contributed by atoms with E-state index in [4.69, 9.17) is 0 Å².